The molecule has 0 amide bonds. The smallest absolute Gasteiger partial charge is 0.743 e. The Kier molecular flexibility index (Phi) is 7.88. The molecule has 0 N–H and O–H groups in total. The molecule has 22 heavy (non-hydrogen) atoms. The zero-order valence-corrected chi connectivity index (χ0v) is 11.7. The van der Waals surface area contributed by atoms with Crippen molar-refractivity contribution in [2.45, 2.75) is 49.0 Å². The van der Waals surface area contributed by atoms with Gasteiger partial charge >= 0.3 is 42.1 Å². The Morgan fingerprint density at radius 2 is 1.14 bits per heavy atom. The fraction of sp³-hybridized carbons (Fsp3) is 1.00. The Morgan fingerprint density at radius 1 is 0.773 bits per heavy atom. The molecular weight excluding hydrogens is 354 g/mol. The molecule has 0 aromatic heterocycles. The largest absolute Gasteiger partial charge is 1.00 e. The Morgan fingerprint density at radius 3 is 1.45 bits per heavy atom. The standard InChI is InChI=1S/C8H9F9O3S.Li/c9-5(10,3-1-2-4-6(11,12)13)7(14,15)8(16,17)21(18,19)20;/h1-4H2,(H,18,19,20);/q;+1/p-1. The van der Waals surface area contributed by atoms with E-state index in [2.05, 4.69) is 0 Å². The monoisotopic (exact) mass is 362 g/mol. The third-order valence-corrected chi connectivity index (χ3v) is 3.22. The summed E-state index contributed by atoms with van der Waals surface area (Å²) >= 11 is 0. The summed E-state index contributed by atoms with van der Waals surface area (Å²) in [5.41, 5.74) is 0. The zero-order valence-electron chi connectivity index (χ0n) is 10.9. The van der Waals surface area contributed by atoms with Crippen LogP contribution >= 0.6 is 0 Å². The van der Waals surface area contributed by atoms with Gasteiger partial charge in [-0.05, 0) is 12.8 Å². The minimum absolute atomic E-state index is 0. The van der Waals surface area contributed by atoms with Crippen molar-refractivity contribution < 1.29 is 71.3 Å². The molecule has 0 aliphatic carbocycles. The maximum atomic E-state index is 12.9. The van der Waals surface area contributed by atoms with Gasteiger partial charge in [-0.25, -0.2) is 8.42 Å². The number of hydrogen-bond acceptors (Lipinski definition) is 3. The minimum atomic E-state index is -7.09. The summed E-state index contributed by atoms with van der Waals surface area (Å²) in [4.78, 5) is 0. The van der Waals surface area contributed by atoms with Crippen LogP contribution in [0.25, 0.3) is 0 Å². The molecule has 128 valence electrons. The van der Waals surface area contributed by atoms with Crippen molar-refractivity contribution in [3.8, 4) is 0 Å². The third kappa shape index (κ3) is 5.50. The van der Waals surface area contributed by atoms with E-state index in [0.29, 0.717) is 0 Å². The van der Waals surface area contributed by atoms with Crippen molar-refractivity contribution in [3.63, 3.8) is 0 Å². The first-order valence-corrected chi connectivity index (χ1v) is 6.52. The third-order valence-electron chi connectivity index (χ3n) is 2.34. The van der Waals surface area contributed by atoms with Gasteiger partial charge in [0.2, 0.25) is 0 Å². The molecule has 0 aliphatic rings. The SMILES string of the molecule is O=S(=O)([O-])C(F)(F)C(F)(F)C(F)(F)CCCCC(F)(F)F.[Li+]. The first-order chi connectivity index (χ1) is 8.96. The van der Waals surface area contributed by atoms with E-state index in [4.69, 9.17) is 0 Å². The van der Waals surface area contributed by atoms with Crippen LogP contribution in [-0.2, 0) is 10.1 Å². The van der Waals surface area contributed by atoms with Crippen LogP contribution in [-0.4, -0.2) is 36.2 Å². The summed E-state index contributed by atoms with van der Waals surface area (Å²) in [6.45, 7) is 0. The summed E-state index contributed by atoms with van der Waals surface area (Å²) in [6.07, 6.45) is -10.8. The molecule has 0 aliphatic heterocycles. The molecule has 0 saturated heterocycles. The molecule has 0 aromatic carbocycles. The number of rotatable bonds is 7. The van der Waals surface area contributed by atoms with Crippen molar-refractivity contribution in [1.29, 1.82) is 0 Å². The molecule has 0 bridgehead atoms. The van der Waals surface area contributed by atoms with Gasteiger partial charge in [0, 0.05) is 12.8 Å². The minimum Gasteiger partial charge on any atom is -0.743 e. The van der Waals surface area contributed by atoms with Crippen molar-refractivity contribution in [2.75, 3.05) is 0 Å². The quantitative estimate of drug-likeness (QED) is 0.287. The van der Waals surface area contributed by atoms with Crippen molar-refractivity contribution in [2.24, 2.45) is 0 Å². The van der Waals surface area contributed by atoms with Crippen LogP contribution < -0.4 is 18.9 Å². The number of hydrogen-bond donors (Lipinski definition) is 0. The van der Waals surface area contributed by atoms with Crippen LogP contribution in [0.3, 0.4) is 0 Å². The summed E-state index contributed by atoms with van der Waals surface area (Å²) < 4.78 is 142. The summed E-state index contributed by atoms with van der Waals surface area (Å²) in [5, 5.41) is -6.59. The predicted molar refractivity (Wildman–Crippen MR) is 49.1 cm³/mol. The van der Waals surface area contributed by atoms with E-state index in [1.807, 2.05) is 0 Å². The van der Waals surface area contributed by atoms with Gasteiger partial charge in [-0.15, -0.1) is 0 Å². The molecule has 14 heteroatoms. The fourth-order valence-corrected chi connectivity index (χ4v) is 1.66. The van der Waals surface area contributed by atoms with Gasteiger partial charge in [0.15, 0.2) is 10.1 Å². The molecule has 0 aromatic rings. The Labute approximate surface area is 131 Å². The van der Waals surface area contributed by atoms with Crippen LogP contribution in [0, 0.1) is 0 Å². The van der Waals surface area contributed by atoms with Crippen molar-refractivity contribution >= 4 is 10.1 Å². The first-order valence-electron chi connectivity index (χ1n) is 5.11. The van der Waals surface area contributed by atoms with Crippen LogP contribution in [0.5, 0.6) is 0 Å². The molecule has 0 spiro atoms. The first kappa shape index (κ1) is 24.1. The summed E-state index contributed by atoms with van der Waals surface area (Å²) in [6, 6.07) is 0. The molecule has 0 atom stereocenters. The molecule has 3 nitrogen and oxygen atoms in total. The van der Waals surface area contributed by atoms with Crippen LogP contribution in [0.1, 0.15) is 25.7 Å². The second-order valence-electron chi connectivity index (χ2n) is 4.07. The van der Waals surface area contributed by atoms with E-state index in [-0.39, 0.29) is 18.9 Å². The van der Waals surface area contributed by atoms with E-state index in [9.17, 15) is 52.5 Å². The van der Waals surface area contributed by atoms with Gasteiger partial charge in [0.1, 0.15) is 0 Å². The van der Waals surface area contributed by atoms with Crippen LogP contribution in [0.4, 0.5) is 39.5 Å². The maximum Gasteiger partial charge on any atom is 1.00 e. The molecule has 0 heterocycles. The van der Waals surface area contributed by atoms with Gasteiger partial charge in [0.05, 0.1) is 0 Å². The van der Waals surface area contributed by atoms with E-state index in [0.717, 1.165) is 0 Å². The molecule has 0 rings (SSSR count). The van der Waals surface area contributed by atoms with Crippen molar-refractivity contribution in [1.82, 2.24) is 0 Å². The Balaban J connectivity index is 0. The average Bonchev–Trinajstić information content (AvgIpc) is 2.21. The van der Waals surface area contributed by atoms with Gasteiger partial charge in [0.25, 0.3) is 0 Å². The second-order valence-corrected chi connectivity index (χ2v) is 5.49. The number of halogens is 9. The van der Waals surface area contributed by atoms with E-state index < -0.39 is 59.1 Å². The average molecular weight is 362 g/mol. The van der Waals surface area contributed by atoms with Gasteiger partial charge in [-0.2, -0.15) is 39.5 Å². The zero-order chi connectivity index (χ0) is 17.3. The van der Waals surface area contributed by atoms with E-state index >= 15 is 0 Å². The second kappa shape index (κ2) is 7.19. The molecular formula is C8H8F9LiO3S. The number of alkyl halides is 9. The van der Waals surface area contributed by atoms with Crippen LogP contribution in [0.2, 0.25) is 0 Å². The number of unbranched alkanes of at least 4 members (excludes halogenated alkanes) is 1. The van der Waals surface area contributed by atoms with E-state index in [1.165, 1.54) is 0 Å². The summed E-state index contributed by atoms with van der Waals surface area (Å²) in [7, 11) is -7.09. The van der Waals surface area contributed by atoms with Gasteiger partial charge < -0.3 is 4.55 Å². The maximum absolute atomic E-state index is 12.9. The van der Waals surface area contributed by atoms with Crippen molar-refractivity contribution in [3.05, 3.63) is 0 Å². The molecule has 0 fully saturated rings. The topological polar surface area (TPSA) is 57.2 Å². The normalized spacial score (nSPS) is 14.6. The molecule has 0 radical (unpaired) electrons. The van der Waals surface area contributed by atoms with Gasteiger partial charge in [-0.3, -0.25) is 0 Å². The van der Waals surface area contributed by atoms with Crippen LogP contribution in [0.15, 0.2) is 0 Å². The van der Waals surface area contributed by atoms with Gasteiger partial charge in [-0.1, -0.05) is 0 Å². The fourth-order valence-electron chi connectivity index (χ4n) is 1.20. The molecule has 0 saturated carbocycles. The Bertz CT molecular complexity index is 460. The Hall–Kier alpha value is -0.123. The molecule has 0 unspecified atom stereocenters. The summed E-state index contributed by atoms with van der Waals surface area (Å²) in [5.74, 6) is -12.2. The predicted octanol–water partition coefficient (Wildman–Crippen LogP) is 0.522. The van der Waals surface area contributed by atoms with E-state index in [1.54, 1.807) is 0 Å².